The van der Waals surface area contributed by atoms with Crippen molar-refractivity contribution in [3.05, 3.63) is 42.7 Å². The molecule has 3 rings (SSSR count). The molecule has 3 aromatic rings. The lowest BCUT2D eigenvalue weighted by atomic mass is 10.2. The van der Waals surface area contributed by atoms with Crippen LogP contribution in [0.4, 0.5) is 5.82 Å². The summed E-state index contributed by atoms with van der Waals surface area (Å²) in [6.45, 7) is 2.72. The van der Waals surface area contributed by atoms with Crippen molar-refractivity contribution in [1.29, 1.82) is 0 Å². The lowest BCUT2D eigenvalue weighted by Gasteiger charge is -2.05. The van der Waals surface area contributed by atoms with Crippen molar-refractivity contribution < 1.29 is 4.79 Å². The number of anilines is 1. The number of likely N-dealkylation sites (N-methyl/N-ethyl adjacent to an activating group) is 1. The minimum absolute atomic E-state index is 0.0484. The molecule has 112 valence electrons. The normalized spacial score (nSPS) is 10.6. The van der Waals surface area contributed by atoms with E-state index in [4.69, 9.17) is 0 Å². The van der Waals surface area contributed by atoms with Crippen LogP contribution in [0.15, 0.2) is 42.7 Å². The van der Waals surface area contributed by atoms with Gasteiger partial charge in [-0.2, -0.15) is 0 Å². The maximum atomic E-state index is 11.6. The monoisotopic (exact) mass is 312 g/mol. The van der Waals surface area contributed by atoms with E-state index in [1.807, 2.05) is 25.1 Å². The van der Waals surface area contributed by atoms with Gasteiger partial charge < -0.3 is 10.6 Å². The summed E-state index contributed by atoms with van der Waals surface area (Å²) >= 11 is 1.62. The first-order valence-corrected chi connectivity index (χ1v) is 7.90. The van der Waals surface area contributed by atoms with Gasteiger partial charge in [-0.25, -0.2) is 9.97 Å². The second kappa shape index (κ2) is 6.53. The fourth-order valence-electron chi connectivity index (χ4n) is 2.16. The molecule has 0 atom stereocenters. The first-order valence-electron chi connectivity index (χ1n) is 7.08. The van der Waals surface area contributed by atoms with E-state index < -0.39 is 0 Å². The van der Waals surface area contributed by atoms with Crippen molar-refractivity contribution in [2.45, 2.75) is 6.92 Å². The quantitative estimate of drug-likeness (QED) is 0.760. The zero-order valence-electron chi connectivity index (χ0n) is 12.2. The molecule has 0 saturated carbocycles. The number of aromatic nitrogens is 2. The SMILES string of the molecule is CCNC(=O)CNc1ncnc2sc(-c3ccccc3)cc12. The fourth-order valence-corrected chi connectivity index (χ4v) is 3.17. The molecule has 0 aliphatic heterocycles. The molecule has 5 nitrogen and oxygen atoms in total. The number of nitrogens with zero attached hydrogens (tertiary/aromatic N) is 2. The molecule has 1 amide bonds. The minimum atomic E-state index is -0.0484. The summed E-state index contributed by atoms with van der Waals surface area (Å²) in [5.74, 6) is 0.641. The zero-order valence-corrected chi connectivity index (χ0v) is 13.0. The molecular weight excluding hydrogens is 296 g/mol. The van der Waals surface area contributed by atoms with Gasteiger partial charge in [0.2, 0.25) is 5.91 Å². The summed E-state index contributed by atoms with van der Waals surface area (Å²) in [6.07, 6.45) is 1.52. The van der Waals surface area contributed by atoms with E-state index in [0.717, 1.165) is 20.7 Å². The van der Waals surface area contributed by atoms with Crippen LogP contribution in [0.3, 0.4) is 0 Å². The highest BCUT2D eigenvalue weighted by atomic mass is 32.1. The molecule has 2 N–H and O–H groups in total. The molecule has 2 aromatic heterocycles. The lowest BCUT2D eigenvalue weighted by Crippen LogP contribution is -2.29. The predicted molar refractivity (Wildman–Crippen MR) is 90.0 cm³/mol. The maximum absolute atomic E-state index is 11.6. The Bertz CT molecular complexity index is 785. The Hall–Kier alpha value is -2.47. The number of carbonyl (C=O) groups is 1. The number of benzene rings is 1. The van der Waals surface area contributed by atoms with Crippen molar-refractivity contribution in [3.63, 3.8) is 0 Å². The third kappa shape index (κ3) is 3.07. The van der Waals surface area contributed by atoms with Crippen molar-refractivity contribution >= 4 is 33.3 Å². The van der Waals surface area contributed by atoms with Crippen LogP contribution in [0.5, 0.6) is 0 Å². The molecule has 0 radical (unpaired) electrons. The Balaban J connectivity index is 1.89. The van der Waals surface area contributed by atoms with Gasteiger partial charge >= 0.3 is 0 Å². The van der Waals surface area contributed by atoms with E-state index in [-0.39, 0.29) is 12.5 Å². The number of hydrogen-bond acceptors (Lipinski definition) is 5. The van der Waals surface area contributed by atoms with E-state index in [1.54, 1.807) is 11.3 Å². The van der Waals surface area contributed by atoms with Gasteiger partial charge in [-0.3, -0.25) is 4.79 Å². The van der Waals surface area contributed by atoms with Gasteiger partial charge in [-0.05, 0) is 18.6 Å². The van der Waals surface area contributed by atoms with E-state index in [0.29, 0.717) is 12.4 Å². The molecule has 0 bridgehead atoms. The molecule has 0 fully saturated rings. The van der Waals surface area contributed by atoms with Gasteiger partial charge in [-0.15, -0.1) is 11.3 Å². The van der Waals surface area contributed by atoms with E-state index in [2.05, 4.69) is 38.8 Å². The van der Waals surface area contributed by atoms with Crippen LogP contribution in [-0.4, -0.2) is 29.0 Å². The largest absolute Gasteiger partial charge is 0.360 e. The molecule has 0 aliphatic rings. The Morgan fingerprint density at radius 3 is 2.82 bits per heavy atom. The zero-order chi connectivity index (χ0) is 15.4. The Labute approximate surface area is 132 Å². The summed E-state index contributed by atoms with van der Waals surface area (Å²) in [5, 5.41) is 6.77. The Morgan fingerprint density at radius 1 is 1.23 bits per heavy atom. The van der Waals surface area contributed by atoms with Crippen molar-refractivity contribution in [2.24, 2.45) is 0 Å². The molecule has 0 unspecified atom stereocenters. The number of hydrogen-bond donors (Lipinski definition) is 2. The fraction of sp³-hybridized carbons (Fsp3) is 0.188. The van der Waals surface area contributed by atoms with Gasteiger partial charge in [0.1, 0.15) is 17.0 Å². The number of carbonyl (C=O) groups excluding carboxylic acids is 1. The van der Waals surface area contributed by atoms with Crippen LogP contribution in [0, 0.1) is 0 Å². The molecule has 0 spiro atoms. The number of thiophene rings is 1. The average Bonchev–Trinajstić information content (AvgIpc) is 2.99. The molecule has 22 heavy (non-hydrogen) atoms. The van der Waals surface area contributed by atoms with Crippen molar-refractivity contribution in [1.82, 2.24) is 15.3 Å². The van der Waals surface area contributed by atoms with Crippen LogP contribution in [0.25, 0.3) is 20.7 Å². The second-order valence-corrected chi connectivity index (χ2v) is 5.76. The smallest absolute Gasteiger partial charge is 0.239 e. The highest BCUT2D eigenvalue weighted by Crippen LogP contribution is 2.34. The van der Waals surface area contributed by atoms with Crippen molar-refractivity contribution in [2.75, 3.05) is 18.4 Å². The summed E-state index contributed by atoms with van der Waals surface area (Å²) in [7, 11) is 0. The summed E-state index contributed by atoms with van der Waals surface area (Å²) in [5.41, 5.74) is 1.15. The standard InChI is InChI=1S/C16H16N4OS/c1-2-17-14(21)9-18-15-12-8-13(11-6-4-3-5-7-11)22-16(12)20-10-19-15/h3-8,10H,2,9H2,1H3,(H,17,21)(H,18,19,20). The molecule has 1 aromatic carbocycles. The summed E-state index contributed by atoms with van der Waals surface area (Å²) in [4.78, 5) is 22.2. The third-order valence-electron chi connectivity index (χ3n) is 3.18. The summed E-state index contributed by atoms with van der Waals surface area (Å²) in [6, 6.07) is 12.2. The van der Waals surface area contributed by atoms with Crippen molar-refractivity contribution in [3.8, 4) is 10.4 Å². The van der Waals surface area contributed by atoms with Gasteiger partial charge in [0.25, 0.3) is 0 Å². The first-order chi connectivity index (χ1) is 10.8. The van der Waals surface area contributed by atoms with Gasteiger partial charge in [0, 0.05) is 11.4 Å². The molecule has 0 aliphatic carbocycles. The highest BCUT2D eigenvalue weighted by Gasteiger charge is 2.10. The number of nitrogens with one attached hydrogen (secondary N) is 2. The number of rotatable bonds is 5. The number of amides is 1. The van der Waals surface area contributed by atoms with E-state index in [1.165, 1.54) is 6.33 Å². The maximum Gasteiger partial charge on any atom is 0.239 e. The number of fused-ring (bicyclic) bond motifs is 1. The Kier molecular flexibility index (Phi) is 4.29. The van der Waals surface area contributed by atoms with Gasteiger partial charge in [0.15, 0.2) is 0 Å². The molecule has 2 heterocycles. The second-order valence-electron chi connectivity index (χ2n) is 4.72. The van der Waals surface area contributed by atoms with Crippen LogP contribution in [-0.2, 0) is 4.79 Å². The van der Waals surface area contributed by atoms with Crippen LogP contribution in [0.2, 0.25) is 0 Å². The average molecular weight is 312 g/mol. The first kappa shape index (κ1) is 14.5. The molecule has 6 heteroatoms. The van der Waals surface area contributed by atoms with Crippen LogP contribution in [0.1, 0.15) is 6.92 Å². The third-order valence-corrected chi connectivity index (χ3v) is 4.27. The summed E-state index contributed by atoms with van der Waals surface area (Å²) < 4.78 is 0. The van der Waals surface area contributed by atoms with Gasteiger partial charge in [0.05, 0.1) is 11.9 Å². The lowest BCUT2D eigenvalue weighted by molar-refractivity contribution is -0.119. The molecular formula is C16H16N4OS. The predicted octanol–water partition coefficient (Wildman–Crippen LogP) is 2.91. The Morgan fingerprint density at radius 2 is 2.05 bits per heavy atom. The topological polar surface area (TPSA) is 66.9 Å². The van der Waals surface area contributed by atoms with Gasteiger partial charge in [-0.1, -0.05) is 30.3 Å². The highest BCUT2D eigenvalue weighted by molar-refractivity contribution is 7.21. The molecule has 0 saturated heterocycles. The van der Waals surface area contributed by atoms with E-state index >= 15 is 0 Å². The van der Waals surface area contributed by atoms with Crippen LogP contribution < -0.4 is 10.6 Å². The van der Waals surface area contributed by atoms with E-state index in [9.17, 15) is 4.79 Å². The van der Waals surface area contributed by atoms with Crippen LogP contribution >= 0.6 is 11.3 Å². The minimum Gasteiger partial charge on any atom is -0.360 e.